The average Bonchev–Trinajstić information content (AvgIpc) is 3.48. The lowest BCUT2D eigenvalue weighted by molar-refractivity contribution is -0.143. The van der Waals surface area contributed by atoms with Crippen molar-refractivity contribution in [1.82, 2.24) is 4.98 Å². The van der Waals surface area contributed by atoms with Gasteiger partial charge in [-0.1, -0.05) is 25.1 Å². The summed E-state index contributed by atoms with van der Waals surface area (Å²) in [5, 5.41) is 9.91. The normalized spacial score (nSPS) is 28.6. The van der Waals surface area contributed by atoms with Gasteiger partial charge in [-0.25, -0.2) is 4.39 Å². The van der Waals surface area contributed by atoms with Gasteiger partial charge in [0.25, 0.3) is 0 Å². The largest absolute Gasteiger partial charge is 0.481 e. The molecule has 3 atom stereocenters. The molecule has 0 spiro atoms. The fourth-order valence-corrected chi connectivity index (χ4v) is 4.23. The van der Waals surface area contributed by atoms with E-state index in [9.17, 15) is 14.3 Å². The molecule has 2 aliphatic carbocycles. The number of pyridine rings is 1. The van der Waals surface area contributed by atoms with E-state index in [1.807, 2.05) is 19.1 Å². The highest BCUT2D eigenvalue weighted by atomic mass is 19.1. The first kappa shape index (κ1) is 15.3. The first-order chi connectivity index (χ1) is 11.6. The third-order valence-electron chi connectivity index (χ3n) is 5.72. The number of carboxylic acid groups (broad SMARTS) is 1. The van der Waals surface area contributed by atoms with Gasteiger partial charge in [-0.15, -0.1) is 0 Å². The van der Waals surface area contributed by atoms with E-state index in [0.717, 1.165) is 24.1 Å². The highest BCUT2D eigenvalue weighted by Gasteiger charge is 2.70. The molecule has 3 nitrogen and oxygen atoms in total. The molecule has 4 heteroatoms. The van der Waals surface area contributed by atoms with Gasteiger partial charge in [-0.2, -0.15) is 0 Å². The van der Waals surface area contributed by atoms with Gasteiger partial charge in [-0.3, -0.25) is 9.78 Å². The first-order valence-electron chi connectivity index (χ1n) is 8.53. The molecule has 24 heavy (non-hydrogen) atoms. The second-order valence-electron chi connectivity index (χ2n) is 6.96. The van der Waals surface area contributed by atoms with E-state index in [-0.39, 0.29) is 17.7 Å². The molecule has 0 radical (unpaired) electrons. The molecule has 1 aromatic heterocycles. The zero-order valence-electron chi connectivity index (χ0n) is 13.6. The molecule has 1 heterocycles. The lowest BCUT2D eigenvalue weighted by atomic mass is 9.94. The number of benzene rings is 1. The highest BCUT2D eigenvalue weighted by Crippen LogP contribution is 2.72. The van der Waals surface area contributed by atoms with Crippen LogP contribution in [0.1, 0.15) is 60.8 Å². The van der Waals surface area contributed by atoms with Crippen molar-refractivity contribution in [3.05, 3.63) is 65.2 Å². The third-order valence-corrected chi connectivity index (χ3v) is 5.72. The van der Waals surface area contributed by atoms with Crippen LogP contribution >= 0.6 is 0 Å². The number of nitrogens with zero attached hydrogens (tertiary/aromatic N) is 1. The average molecular weight is 325 g/mol. The minimum absolute atomic E-state index is 0.197. The van der Waals surface area contributed by atoms with Gasteiger partial charge >= 0.3 is 5.97 Å². The second kappa shape index (κ2) is 5.40. The molecule has 1 N–H and O–H groups in total. The van der Waals surface area contributed by atoms with Gasteiger partial charge in [0.15, 0.2) is 0 Å². The number of aliphatic carboxylic acids is 1. The molecule has 0 saturated heterocycles. The van der Waals surface area contributed by atoms with Crippen molar-refractivity contribution >= 4 is 5.97 Å². The summed E-state index contributed by atoms with van der Waals surface area (Å²) in [6, 6.07) is 10.5. The Bertz CT molecular complexity index is 802. The van der Waals surface area contributed by atoms with Crippen molar-refractivity contribution in [2.24, 2.45) is 5.41 Å². The standard InChI is InChI=1S/C20H20FNO2/c1-2-20(19(23)24)17(18(20)14-5-3-4-6-15(14)21)13-9-10-22-16(11-13)12-7-8-12/h3-6,9-12,17-18H,2,7-8H2,1H3,(H,23,24)/t17-,18+,20-/m0/s1. The van der Waals surface area contributed by atoms with Crippen LogP contribution in [-0.2, 0) is 4.79 Å². The first-order valence-corrected chi connectivity index (χ1v) is 8.53. The number of halogens is 1. The van der Waals surface area contributed by atoms with Crippen LogP contribution in [0.25, 0.3) is 0 Å². The van der Waals surface area contributed by atoms with Crippen LogP contribution in [0.5, 0.6) is 0 Å². The summed E-state index contributed by atoms with van der Waals surface area (Å²) >= 11 is 0. The van der Waals surface area contributed by atoms with Crippen LogP contribution in [0.3, 0.4) is 0 Å². The lowest BCUT2D eigenvalue weighted by Crippen LogP contribution is -2.18. The van der Waals surface area contributed by atoms with Gasteiger partial charge < -0.3 is 5.11 Å². The van der Waals surface area contributed by atoms with Gasteiger partial charge in [-0.05, 0) is 48.6 Å². The van der Waals surface area contributed by atoms with Gasteiger partial charge in [0.05, 0.1) is 5.41 Å². The Labute approximate surface area is 140 Å². The van der Waals surface area contributed by atoms with Crippen molar-refractivity contribution in [2.75, 3.05) is 0 Å². The van der Waals surface area contributed by atoms with E-state index in [2.05, 4.69) is 4.98 Å². The highest BCUT2D eigenvalue weighted by molar-refractivity contribution is 5.84. The van der Waals surface area contributed by atoms with Gasteiger partial charge in [0.1, 0.15) is 5.82 Å². The quantitative estimate of drug-likeness (QED) is 0.883. The SMILES string of the molecule is CC[C@@]1(C(=O)O)[C@H](c2ccccc2F)[C@@H]1c1ccnc(C2CC2)c1. The fraction of sp³-hybridized carbons (Fsp3) is 0.400. The monoisotopic (exact) mass is 325 g/mol. The minimum atomic E-state index is -0.926. The number of carbonyl (C=O) groups is 1. The smallest absolute Gasteiger partial charge is 0.310 e. The summed E-state index contributed by atoms with van der Waals surface area (Å²) in [6.07, 6.45) is 4.54. The molecule has 2 aliphatic rings. The molecule has 4 rings (SSSR count). The third kappa shape index (κ3) is 2.16. The second-order valence-corrected chi connectivity index (χ2v) is 6.96. The topological polar surface area (TPSA) is 50.2 Å². The Morgan fingerprint density at radius 1 is 1.29 bits per heavy atom. The molecule has 0 amide bonds. The van der Waals surface area contributed by atoms with Crippen LogP contribution in [0.15, 0.2) is 42.6 Å². The number of rotatable bonds is 5. The van der Waals surface area contributed by atoms with Crippen LogP contribution in [0.2, 0.25) is 0 Å². The fourth-order valence-electron chi connectivity index (χ4n) is 4.23. The maximum Gasteiger partial charge on any atom is 0.310 e. The number of aromatic nitrogens is 1. The molecule has 2 fully saturated rings. The van der Waals surface area contributed by atoms with Crippen molar-refractivity contribution in [1.29, 1.82) is 0 Å². The van der Waals surface area contributed by atoms with Gasteiger partial charge in [0, 0.05) is 29.6 Å². The van der Waals surface area contributed by atoms with E-state index in [4.69, 9.17) is 0 Å². The van der Waals surface area contributed by atoms with E-state index >= 15 is 0 Å². The van der Waals surface area contributed by atoms with E-state index in [0.29, 0.717) is 17.9 Å². The van der Waals surface area contributed by atoms with Crippen molar-refractivity contribution in [3.63, 3.8) is 0 Å². The van der Waals surface area contributed by atoms with Crippen molar-refractivity contribution in [2.45, 2.75) is 43.9 Å². The number of carboxylic acids is 1. The van der Waals surface area contributed by atoms with Crippen LogP contribution < -0.4 is 0 Å². The summed E-state index contributed by atoms with van der Waals surface area (Å²) < 4.78 is 14.3. The molecular weight excluding hydrogens is 305 g/mol. The number of hydrogen-bond donors (Lipinski definition) is 1. The zero-order chi connectivity index (χ0) is 16.9. The van der Waals surface area contributed by atoms with E-state index in [1.165, 1.54) is 6.07 Å². The Kier molecular flexibility index (Phi) is 3.44. The molecular formula is C20H20FNO2. The summed E-state index contributed by atoms with van der Waals surface area (Å²) in [5.74, 6) is -1.17. The Morgan fingerprint density at radius 3 is 2.67 bits per heavy atom. The van der Waals surface area contributed by atoms with Crippen molar-refractivity contribution < 1.29 is 14.3 Å². The maximum atomic E-state index is 14.3. The zero-order valence-corrected chi connectivity index (χ0v) is 13.6. The molecule has 0 aliphatic heterocycles. The maximum absolute atomic E-state index is 14.3. The van der Waals surface area contributed by atoms with Crippen molar-refractivity contribution in [3.8, 4) is 0 Å². The Hall–Kier alpha value is -2.23. The number of hydrogen-bond acceptors (Lipinski definition) is 2. The summed E-state index contributed by atoms with van der Waals surface area (Å²) in [7, 11) is 0. The van der Waals surface area contributed by atoms with E-state index in [1.54, 1.807) is 24.4 Å². The lowest BCUT2D eigenvalue weighted by Gasteiger charge is -2.10. The summed E-state index contributed by atoms with van der Waals surface area (Å²) in [4.78, 5) is 16.5. The molecule has 2 aromatic rings. The van der Waals surface area contributed by atoms with Crippen LogP contribution in [0, 0.1) is 11.2 Å². The molecule has 0 unspecified atom stereocenters. The molecule has 124 valence electrons. The predicted molar refractivity (Wildman–Crippen MR) is 88.5 cm³/mol. The summed E-state index contributed by atoms with van der Waals surface area (Å²) in [6.45, 7) is 1.88. The molecule has 0 bridgehead atoms. The minimum Gasteiger partial charge on any atom is -0.481 e. The van der Waals surface area contributed by atoms with E-state index < -0.39 is 11.4 Å². The molecule has 1 aromatic carbocycles. The Balaban J connectivity index is 1.79. The van der Waals surface area contributed by atoms with Gasteiger partial charge in [0.2, 0.25) is 0 Å². The molecule has 2 saturated carbocycles. The predicted octanol–water partition coefficient (Wildman–Crippen LogP) is 4.46. The summed E-state index contributed by atoms with van der Waals surface area (Å²) in [5.41, 5.74) is 1.60. The van der Waals surface area contributed by atoms with Crippen LogP contribution in [-0.4, -0.2) is 16.1 Å². The van der Waals surface area contributed by atoms with Crippen LogP contribution in [0.4, 0.5) is 4.39 Å². The Morgan fingerprint density at radius 2 is 2.04 bits per heavy atom.